The molecule has 1 aromatic rings. The number of aromatic nitrogens is 1. The molecule has 1 heterocycles. The van der Waals surface area contributed by atoms with Crippen LogP contribution < -0.4 is 10.2 Å². The summed E-state index contributed by atoms with van der Waals surface area (Å²) < 4.78 is 0. The Labute approximate surface area is 96.3 Å². The number of anilines is 2. The zero-order valence-electron chi connectivity index (χ0n) is 9.66. The fourth-order valence-corrected chi connectivity index (χ4v) is 1.64. The van der Waals surface area contributed by atoms with Gasteiger partial charge in [-0.2, -0.15) is 11.8 Å². The highest BCUT2D eigenvalue weighted by atomic mass is 32.2. The van der Waals surface area contributed by atoms with Crippen LogP contribution in [0.15, 0.2) is 18.3 Å². The lowest BCUT2D eigenvalue weighted by Crippen LogP contribution is -2.10. The molecule has 1 rings (SSSR count). The second kappa shape index (κ2) is 6.56. The Bertz CT molecular complexity index is 272. The summed E-state index contributed by atoms with van der Waals surface area (Å²) in [5.74, 6) is 2.20. The maximum absolute atomic E-state index is 4.34. The van der Waals surface area contributed by atoms with Gasteiger partial charge in [0, 0.05) is 20.6 Å². The van der Waals surface area contributed by atoms with Gasteiger partial charge in [0.1, 0.15) is 5.82 Å². The fraction of sp³-hybridized carbons (Fsp3) is 0.545. The molecule has 0 spiro atoms. The van der Waals surface area contributed by atoms with Gasteiger partial charge in [0.25, 0.3) is 0 Å². The molecular weight excluding hydrogens is 206 g/mol. The van der Waals surface area contributed by atoms with Crippen molar-refractivity contribution in [2.75, 3.05) is 42.9 Å². The number of thioether (sulfide) groups is 1. The fourth-order valence-electron chi connectivity index (χ4n) is 1.20. The van der Waals surface area contributed by atoms with Gasteiger partial charge in [0.2, 0.25) is 0 Å². The van der Waals surface area contributed by atoms with Crippen molar-refractivity contribution in [1.82, 2.24) is 4.98 Å². The molecule has 0 radical (unpaired) electrons. The summed E-state index contributed by atoms with van der Waals surface area (Å²) in [5.41, 5.74) is 1.10. The third-order valence-corrected chi connectivity index (χ3v) is 2.76. The number of pyridine rings is 1. The van der Waals surface area contributed by atoms with Crippen LogP contribution in [0.1, 0.15) is 6.42 Å². The molecule has 0 aliphatic heterocycles. The van der Waals surface area contributed by atoms with Crippen LogP contribution in [-0.4, -0.2) is 37.6 Å². The lowest BCUT2D eigenvalue weighted by Gasteiger charge is -2.11. The minimum Gasteiger partial charge on any atom is -0.384 e. The van der Waals surface area contributed by atoms with E-state index in [0.717, 1.165) is 18.1 Å². The van der Waals surface area contributed by atoms with Gasteiger partial charge in [-0.1, -0.05) is 0 Å². The van der Waals surface area contributed by atoms with Gasteiger partial charge < -0.3 is 10.2 Å². The van der Waals surface area contributed by atoms with E-state index in [1.807, 2.05) is 43.0 Å². The highest BCUT2D eigenvalue weighted by Crippen LogP contribution is 2.11. The largest absolute Gasteiger partial charge is 0.384 e. The molecule has 0 aromatic carbocycles. The van der Waals surface area contributed by atoms with Gasteiger partial charge in [-0.25, -0.2) is 4.98 Å². The molecule has 1 aromatic heterocycles. The van der Waals surface area contributed by atoms with Gasteiger partial charge >= 0.3 is 0 Å². The molecule has 0 unspecified atom stereocenters. The molecule has 0 atom stereocenters. The maximum atomic E-state index is 4.34. The van der Waals surface area contributed by atoms with Crippen molar-refractivity contribution in [2.24, 2.45) is 0 Å². The first-order valence-electron chi connectivity index (χ1n) is 5.10. The van der Waals surface area contributed by atoms with Crippen molar-refractivity contribution in [3.05, 3.63) is 18.3 Å². The quantitative estimate of drug-likeness (QED) is 0.752. The standard InChI is InChI=1S/C11H19N3S/c1-14(2)11-6-5-10(9-13-11)12-7-4-8-15-3/h5-6,9,12H,4,7-8H2,1-3H3. The van der Waals surface area contributed by atoms with Gasteiger partial charge in [-0.15, -0.1) is 0 Å². The van der Waals surface area contributed by atoms with Crippen LogP contribution in [0.2, 0.25) is 0 Å². The van der Waals surface area contributed by atoms with Crippen molar-refractivity contribution < 1.29 is 0 Å². The second-order valence-corrected chi connectivity index (χ2v) is 4.56. The highest BCUT2D eigenvalue weighted by Gasteiger charge is 1.96. The Morgan fingerprint density at radius 2 is 2.20 bits per heavy atom. The summed E-state index contributed by atoms with van der Waals surface area (Å²) in [5, 5.41) is 3.35. The molecule has 0 saturated heterocycles. The third kappa shape index (κ3) is 4.42. The number of nitrogens with one attached hydrogen (secondary N) is 1. The molecule has 0 aliphatic rings. The van der Waals surface area contributed by atoms with Crippen LogP contribution in [0.25, 0.3) is 0 Å². The first-order chi connectivity index (χ1) is 7.24. The molecule has 84 valence electrons. The van der Waals surface area contributed by atoms with Gasteiger partial charge in [0.15, 0.2) is 0 Å². The summed E-state index contributed by atoms with van der Waals surface area (Å²) in [6.07, 6.45) is 5.21. The molecule has 0 saturated carbocycles. The van der Waals surface area contributed by atoms with E-state index >= 15 is 0 Å². The van der Waals surface area contributed by atoms with E-state index in [-0.39, 0.29) is 0 Å². The van der Waals surface area contributed by atoms with E-state index in [9.17, 15) is 0 Å². The molecule has 1 N–H and O–H groups in total. The van der Waals surface area contributed by atoms with Crippen LogP contribution in [0.5, 0.6) is 0 Å². The minimum atomic E-state index is 0.990. The third-order valence-electron chi connectivity index (χ3n) is 2.06. The number of hydrogen-bond donors (Lipinski definition) is 1. The molecule has 4 heteroatoms. The first-order valence-corrected chi connectivity index (χ1v) is 6.49. The van der Waals surface area contributed by atoms with Crippen LogP contribution >= 0.6 is 11.8 Å². The topological polar surface area (TPSA) is 28.2 Å². The van der Waals surface area contributed by atoms with E-state index in [1.54, 1.807) is 0 Å². The Kier molecular flexibility index (Phi) is 5.32. The van der Waals surface area contributed by atoms with Crippen LogP contribution in [0, 0.1) is 0 Å². The number of rotatable bonds is 6. The zero-order chi connectivity index (χ0) is 11.1. The van der Waals surface area contributed by atoms with E-state index in [1.165, 1.54) is 12.2 Å². The molecule has 0 aliphatic carbocycles. The van der Waals surface area contributed by atoms with Gasteiger partial charge in [-0.05, 0) is 30.6 Å². The van der Waals surface area contributed by atoms with Gasteiger partial charge in [0.05, 0.1) is 11.9 Å². The lowest BCUT2D eigenvalue weighted by atomic mass is 10.3. The predicted molar refractivity (Wildman–Crippen MR) is 70.1 cm³/mol. The monoisotopic (exact) mass is 225 g/mol. The first kappa shape index (κ1) is 12.2. The summed E-state index contributed by atoms with van der Waals surface area (Å²) in [4.78, 5) is 6.33. The summed E-state index contributed by atoms with van der Waals surface area (Å²) in [6, 6.07) is 4.10. The highest BCUT2D eigenvalue weighted by molar-refractivity contribution is 7.98. The van der Waals surface area contributed by atoms with Crippen molar-refractivity contribution in [3.8, 4) is 0 Å². The van der Waals surface area contributed by atoms with Crippen molar-refractivity contribution >= 4 is 23.3 Å². The zero-order valence-corrected chi connectivity index (χ0v) is 10.5. The Balaban J connectivity index is 2.36. The van der Waals surface area contributed by atoms with E-state index in [2.05, 4.69) is 22.6 Å². The van der Waals surface area contributed by atoms with Gasteiger partial charge in [-0.3, -0.25) is 0 Å². The minimum absolute atomic E-state index is 0.990. The van der Waals surface area contributed by atoms with Crippen LogP contribution in [-0.2, 0) is 0 Å². The Morgan fingerprint density at radius 1 is 1.40 bits per heavy atom. The molecular formula is C11H19N3S. The van der Waals surface area contributed by atoms with Crippen molar-refractivity contribution in [2.45, 2.75) is 6.42 Å². The van der Waals surface area contributed by atoms with Crippen LogP contribution in [0.4, 0.5) is 11.5 Å². The SMILES string of the molecule is CSCCCNc1ccc(N(C)C)nc1. The van der Waals surface area contributed by atoms with E-state index in [4.69, 9.17) is 0 Å². The molecule has 0 amide bonds. The maximum Gasteiger partial charge on any atom is 0.128 e. The average molecular weight is 225 g/mol. The van der Waals surface area contributed by atoms with E-state index < -0.39 is 0 Å². The predicted octanol–water partition coefficient (Wildman–Crippen LogP) is 2.31. The number of nitrogens with zero attached hydrogens (tertiary/aromatic N) is 2. The number of hydrogen-bond acceptors (Lipinski definition) is 4. The molecule has 0 fully saturated rings. The Hall–Kier alpha value is -0.900. The van der Waals surface area contributed by atoms with E-state index in [0.29, 0.717) is 0 Å². The second-order valence-electron chi connectivity index (χ2n) is 3.57. The van der Waals surface area contributed by atoms with Crippen molar-refractivity contribution in [1.29, 1.82) is 0 Å². The lowest BCUT2D eigenvalue weighted by molar-refractivity contribution is 0.988. The average Bonchev–Trinajstić information content (AvgIpc) is 2.25. The Morgan fingerprint density at radius 3 is 2.73 bits per heavy atom. The smallest absolute Gasteiger partial charge is 0.128 e. The normalized spacial score (nSPS) is 10.1. The molecule has 15 heavy (non-hydrogen) atoms. The summed E-state index contributed by atoms with van der Waals surface area (Å²) >= 11 is 1.88. The molecule has 3 nitrogen and oxygen atoms in total. The summed E-state index contributed by atoms with van der Waals surface area (Å²) in [6.45, 7) is 1.02. The summed E-state index contributed by atoms with van der Waals surface area (Å²) in [7, 11) is 3.99. The molecule has 0 bridgehead atoms. The van der Waals surface area contributed by atoms with Crippen LogP contribution in [0.3, 0.4) is 0 Å². The van der Waals surface area contributed by atoms with Crippen molar-refractivity contribution in [3.63, 3.8) is 0 Å².